The van der Waals surface area contributed by atoms with Gasteiger partial charge in [0.2, 0.25) is 0 Å². The fourth-order valence-corrected chi connectivity index (χ4v) is 4.09. The molecule has 0 N–H and O–H groups in total. The van der Waals surface area contributed by atoms with Gasteiger partial charge in [0.25, 0.3) is 5.91 Å². The molecule has 4 rings (SSSR count). The molecular formula is C23H21FN2O3S. The van der Waals surface area contributed by atoms with Gasteiger partial charge >= 0.3 is 0 Å². The molecule has 0 unspecified atom stereocenters. The summed E-state index contributed by atoms with van der Waals surface area (Å²) in [6.45, 7) is 0.733. The van der Waals surface area contributed by atoms with E-state index in [0.29, 0.717) is 24.4 Å². The first kappa shape index (κ1) is 20.1. The Morgan fingerprint density at radius 3 is 2.73 bits per heavy atom. The Bertz CT molecular complexity index is 1030. The Labute approximate surface area is 178 Å². The summed E-state index contributed by atoms with van der Waals surface area (Å²) in [7, 11) is 1.62. The predicted octanol–water partition coefficient (Wildman–Crippen LogP) is 4.73. The topological polar surface area (TPSA) is 51.1 Å². The van der Waals surface area contributed by atoms with E-state index in [9.17, 15) is 9.18 Å². The van der Waals surface area contributed by atoms with E-state index in [0.717, 1.165) is 22.6 Å². The molecule has 0 radical (unpaired) electrons. The van der Waals surface area contributed by atoms with Crippen LogP contribution < -0.4 is 4.74 Å². The summed E-state index contributed by atoms with van der Waals surface area (Å²) >= 11 is 1.40. The number of methoxy groups -OCH3 is 1. The van der Waals surface area contributed by atoms with Crippen molar-refractivity contribution < 1.29 is 18.8 Å². The lowest BCUT2D eigenvalue weighted by Gasteiger charge is -2.24. The van der Waals surface area contributed by atoms with Crippen LogP contribution in [0.5, 0.6) is 5.75 Å². The van der Waals surface area contributed by atoms with Gasteiger partial charge in [-0.3, -0.25) is 4.79 Å². The molecule has 1 amide bonds. The fourth-order valence-electron chi connectivity index (χ4n) is 3.40. The van der Waals surface area contributed by atoms with Crippen molar-refractivity contribution in [2.45, 2.75) is 19.1 Å². The van der Waals surface area contributed by atoms with E-state index in [2.05, 4.69) is 5.16 Å². The Balaban J connectivity index is 1.49. The molecule has 1 aliphatic heterocycles. The minimum atomic E-state index is -0.302. The number of halogens is 1. The van der Waals surface area contributed by atoms with E-state index in [1.807, 2.05) is 35.7 Å². The molecule has 0 saturated heterocycles. The molecule has 2 aromatic carbocycles. The zero-order valence-corrected chi connectivity index (χ0v) is 17.3. The van der Waals surface area contributed by atoms with Crippen LogP contribution in [0.1, 0.15) is 27.2 Å². The largest absolute Gasteiger partial charge is 0.496 e. The van der Waals surface area contributed by atoms with Gasteiger partial charge in [-0.05, 0) is 41.3 Å². The Morgan fingerprint density at radius 1 is 1.20 bits per heavy atom. The smallest absolute Gasteiger partial charge is 0.264 e. The van der Waals surface area contributed by atoms with Gasteiger partial charge < -0.3 is 14.5 Å². The van der Waals surface area contributed by atoms with Crippen LogP contribution in [0.15, 0.2) is 71.2 Å². The molecular weight excluding hydrogens is 403 g/mol. The fraction of sp³-hybridized carbons (Fsp3) is 0.217. The molecule has 0 fully saturated rings. The van der Waals surface area contributed by atoms with Crippen LogP contribution in [0.3, 0.4) is 0 Å². The summed E-state index contributed by atoms with van der Waals surface area (Å²) in [6.07, 6.45) is 0.298. The molecule has 0 spiro atoms. The standard InChI is InChI=1S/C23H21FN2O3S/c1-28-21-6-3-2-5-19(21)20-13-18(29-25-20)15-26(23(27)22-7-4-12-30-22)14-16-8-10-17(24)11-9-16/h2-12,18H,13-15H2,1H3/t18-/m0/s1. The molecule has 0 bridgehead atoms. The summed E-state index contributed by atoms with van der Waals surface area (Å²) in [5.41, 5.74) is 2.53. The molecule has 1 aromatic heterocycles. The highest BCUT2D eigenvalue weighted by Crippen LogP contribution is 2.26. The normalized spacial score (nSPS) is 15.4. The van der Waals surface area contributed by atoms with Crippen LogP contribution in [-0.2, 0) is 11.4 Å². The van der Waals surface area contributed by atoms with Gasteiger partial charge in [0.1, 0.15) is 11.6 Å². The van der Waals surface area contributed by atoms with Crippen LogP contribution >= 0.6 is 11.3 Å². The summed E-state index contributed by atoms with van der Waals surface area (Å²) < 4.78 is 18.7. The molecule has 5 nitrogen and oxygen atoms in total. The number of hydrogen-bond donors (Lipinski definition) is 0. The first-order valence-electron chi connectivity index (χ1n) is 9.57. The number of carbonyl (C=O) groups excluding carboxylic acids is 1. The van der Waals surface area contributed by atoms with Crippen LogP contribution in [-0.4, -0.2) is 36.3 Å². The molecule has 2 heterocycles. The van der Waals surface area contributed by atoms with Gasteiger partial charge in [-0.25, -0.2) is 4.39 Å². The molecule has 154 valence electrons. The lowest BCUT2D eigenvalue weighted by atomic mass is 10.0. The van der Waals surface area contributed by atoms with Crippen LogP contribution in [0.2, 0.25) is 0 Å². The van der Waals surface area contributed by atoms with Gasteiger partial charge in [0, 0.05) is 18.5 Å². The molecule has 1 atom stereocenters. The highest BCUT2D eigenvalue weighted by atomic mass is 32.1. The molecule has 0 saturated carbocycles. The number of amides is 1. The van der Waals surface area contributed by atoms with Crippen LogP contribution in [0.25, 0.3) is 0 Å². The Kier molecular flexibility index (Phi) is 6.09. The van der Waals surface area contributed by atoms with Gasteiger partial charge in [-0.15, -0.1) is 11.3 Å². The molecule has 0 aliphatic carbocycles. The number of ether oxygens (including phenoxy) is 1. The minimum absolute atomic E-state index is 0.0799. The Hall–Kier alpha value is -3.19. The van der Waals surface area contributed by atoms with Gasteiger partial charge in [0.05, 0.1) is 24.2 Å². The molecule has 30 heavy (non-hydrogen) atoms. The van der Waals surface area contributed by atoms with E-state index in [4.69, 9.17) is 9.57 Å². The first-order chi connectivity index (χ1) is 14.6. The van der Waals surface area contributed by atoms with Gasteiger partial charge in [-0.1, -0.05) is 35.5 Å². The maximum absolute atomic E-state index is 13.3. The number of para-hydroxylation sites is 1. The third-order valence-electron chi connectivity index (χ3n) is 4.88. The maximum atomic E-state index is 13.3. The number of thiophene rings is 1. The van der Waals surface area contributed by atoms with Crippen LogP contribution in [0.4, 0.5) is 4.39 Å². The monoisotopic (exact) mass is 424 g/mol. The maximum Gasteiger partial charge on any atom is 0.264 e. The number of nitrogens with zero attached hydrogens (tertiary/aromatic N) is 2. The third kappa shape index (κ3) is 4.52. The minimum Gasteiger partial charge on any atom is -0.496 e. The van der Waals surface area contributed by atoms with Crippen molar-refractivity contribution in [3.63, 3.8) is 0 Å². The average molecular weight is 424 g/mol. The molecule has 1 aliphatic rings. The quantitative estimate of drug-likeness (QED) is 0.551. The zero-order chi connectivity index (χ0) is 20.9. The molecule has 7 heteroatoms. The van der Waals surface area contributed by atoms with Crippen molar-refractivity contribution in [3.8, 4) is 5.75 Å². The van der Waals surface area contributed by atoms with Crippen molar-refractivity contribution in [1.29, 1.82) is 0 Å². The van der Waals surface area contributed by atoms with E-state index in [1.165, 1.54) is 23.5 Å². The Morgan fingerprint density at radius 2 is 2.00 bits per heavy atom. The second kappa shape index (κ2) is 9.09. The number of carbonyl (C=O) groups is 1. The van der Waals surface area contributed by atoms with Gasteiger partial charge in [-0.2, -0.15) is 0 Å². The zero-order valence-electron chi connectivity index (χ0n) is 16.5. The third-order valence-corrected chi connectivity index (χ3v) is 5.74. The second-order valence-electron chi connectivity index (χ2n) is 6.96. The number of oxime groups is 1. The lowest BCUT2D eigenvalue weighted by molar-refractivity contribution is 0.0408. The summed E-state index contributed by atoms with van der Waals surface area (Å²) in [6, 6.07) is 17.5. The molecule has 3 aromatic rings. The second-order valence-corrected chi connectivity index (χ2v) is 7.91. The predicted molar refractivity (Wildman–Crippen MR) is 114 cm³/mol. The van der Waals surface area contributed by atoms with E-state index < -0.39 is 0 Å². The summed E-state index contributed by atoms with van der Waals surface area (Å²) in [5, 5.41) is 6.11. The lowest BCUT2D eigenvalue weighted by Crippen LogP contribution is -2.37. The first-order valence-corrected chi connectivity index (χ1v) is 10.5. The SMILES string of the molecule is COc1ccccc1C1=NO[C@H](CN(Cc2ccc(F)cc2)C(=O)c2cccs2)C1. The highest BCUT2D eigenvalue weighted by Gasteiger charge is 2.28. The van der Waals surface area contributed by atoms with E-state index in [-0.39, 0.29) is 17.8 Å². The summed E-state index contributed by atoms with van der Waals surface area (Å²) in [5.74, 6) is 0.353. The van der Waals surface area contributed by atoms with E-state index in [1.54, 1.807) is 30.2 Å². The number of hydrogen-bond acceptors (Lipinski definition) is 5. The van der Waals surface area contributed by atoms with Crippen LogP contribution in [0, 0.1) is 5.82 Å². The number of benzene rings is 2. The van der Waals surface area contributed by atoms with Gasteiger partial charge in [0.15, 0.2) is 6.10 Å². The highest BCUT2D eigenvalue weighted by molar-refractivity contribution is 7.12. The van der Waals surface area contributed by atoms with Crippen molar-refractivity contribution in [1.82, 2.24) is 4.90 Å². The average Bonchev–Trinajstić information content (AvgIpc) is 3.47. The van der Waals surface area contributed by atoms with E-state index >= 15 is 0 Å². The summed E-state index contributed by atoms with van der Waals surface area (Å²) in [4.78, 5) is 21.1. The number of rotatable bonds is 7. The van der Waals surface area contributed by atoms with Crippen molar-refractivity contribution >= 4 is 23.0 Å². The van der Waals surface area contributed by atoms with Crippen molar-refractivity contribution in [3.05, 3.63) is 87.9 Å². The van der Waals surface area contributed by atoms with Crippen molar-refractivity contribution in [2.75, 3.05) is 13.7 Å². The van der Waals surface area contributed by atoms with Crippen molar-refractivity contribution in [2.24, 2.45) is 5.16 Å².